The fourth-order valence-electron chi connectivity index (χ4n) is 2.47. The number of esters is 1. The molecule has 2 aromatic rings. The highest BCUT2D eigenvalue weighted by molar-refractivity contribution is 6.37. The van der Waals surface area contributed by atoms with Gasteiger partial charge < -0.3 is 10.1 Å². The van der Waals surface area contributed by atoms with Crippen LogP contribution < -0.4 is 10.7 Å². The van der Waals surface area contributed by atoms with Gasteiger partial charge in [-0.3, -0.25) is 9.59 Å². The molecular formula is C18H17N3O4. The molecule has 0 unspecified atom stereocenters. The molecular weight excluding hydrogens is 322 g/mol. The van der Waals surface area contributed by atoms with Crippen molar-refractivity contribution < 1.29 is 19.1 Å². The molecule has 0 aromatic heterocycles. The Morgan fingerprint density at radius 1 is 1.16 bits per heavy atom. The maximum atomic E-state index is 12.3. The van der Waals surface area contributed by atoms with Crippen LogP contribution in [0.3, 0.4) is 0 Å². The number of ether oxygens (including phenoxy) is 1. The summed E-state index contributed by atoms with van der Waals surface area (Å²) < 4.78 is 5.14. The van der Waals surface area contributed by atoms with Gasteiger partial charge in [0.15, 0.2) is 6.10 Å². The molecule has 0 saturated heterocycles. The van der Waals surface area contributed by atoms with Crippen molar-refractivity contribution in [2.75, 3.05) is 5.32 Å². The highest BCUT2D eigenvalue weighted by atomic mass is 16.5. The van der Waals surface area contributed by atoms with Crippen molar-refractivity contribution >= 4 is 40.0 Å². The monoisotopic (exact) mass is 339 g/mol. The number of anilines is 1. The van der Waals surface area contributed by atoms with Crippen LogP contribution in [-0.4, -0.2) is 29.6 Å². The third kappa shape index (κ3) is 3.82. The first-order chi connectivity index (χ1) is 12.0. The summed E-state index contributed by atoms with van der Waals surface area (Å²) in [6.07, 6.45) is -0.626. The van der Waals surface area contributed by atoms with Crippen molar-refractivity contribution in [1.82, 2.24) is 5.43 Å². The molecule has 2 N–H and O–H groups in total. The standard InChI is InChI=1S/C18H17N3O4/c1-11(25-18(24)15-9-10-16(22)21-20-15)17(23)19-14-8-4-6-12-5-2-3-7-13(12)14/h2-8,11H,9-10H2,1H3,(H,19,23)(H,21,22)/t11-/m1/s1. The van der Waals surface area contributed by atoms with Crippen molar-refractivity contribution in [2.45, 2.75) is 25.9 Å². The van der Waals surface area contributed by atoms with Crippen molar-refractivity contribution in [3.05, 3.63) is 42.5 Å². The summed E-state index contributed by atoms with van der Waals surface area (Å²) >= 11 is 0. The van der Waals surface area contributed by atoms with Crippen LogP contribution in [-0.2, 0) is 19.1 Å². The lowest BCUT2D eigenvalue weighted by molar-refractivity contribution is -0.146. The lowest BCUT2D eigenvalue weighted by atomic mass is 10.1. The molecule has 1 aliphatic rings. The predicted octanol–water partition coefficient (Wildman–Crippen LogP) is 1.98. The van der Waals surface area contributed by atoms with E-state index < -0.39 is 18.0 Å². The second-order valence-electron chi connectivity index (χ2n) is 5.66. The van der Waals surface area contributed by atoms with Crippen molar-refractivity contribution in [1.29, 1.82) is 0 Å². The number of hydrogen-bond donors (Lipinski definition) is 2. The van der Waals surface area contributed by atoms with Crippen LogP contribution in [0.4, 0.5) is 5.69 Å². The lowest BCUT2D eigenvalue weighted by Gasteiger charge is -2.16. The minimum absolute atomic E-state index is 0.101. The number of fused-ring (bicyclic) bond motifs is 1. The minimum Gasteiger partial charge on any atom is -0.448 e. The van der Waals surface area contributed by atoms with Crippen molar-refractivity contribution in [2.24, 2.45) is 5.10 Å². The van der Waals surface area contributed by atoms with E-state index in [0.29, 0.717) is 5.69 Å². The highest BCUT2D eigenvalue weighted by Gasteiger charge is 2.24. The number of hydrazone groups is 1. The first-order valence-electron chi connectivity index (χ1n) is 7.89. The molecule has 7 nitrogen and oxygen atoms in total. The van der Waals surface area contributed by atoms with E-state index >= 15 is 0 Å². The van der Waals surface area contributed by atoms with Crippen LogP contribution in [0.25, 0.3) is 10.8 Å². The van der Waals surface area contributed by atoms with Crippen LogP contribution in [0.2, 0.25) is 0 Å². The van der Waals surface area contributed by atoms with Gasteiger partial charge in [0.25, 0.3) is 5.91 Å². The molecule has 1 aliphatic heterocycles. The Bertz CT molecular complexity index is 870. The van der Waals surface area contributed by atoms with Gasteiger partial charge in [0, 0.05) is 23.9 Å². The van der Waals surface area contributed by atoms with E-state index in [1.807, 2.05) is 36.4 Å². The number of amides is 2. The average molecular weight is 339 g/mol. The summed E-state index contributed by atoms with van der Waals surface area (Å²) in [5.74, 6) is -1.40. The van der Waals surface area contributed by atoms with Gasteiger partial charge >= 0.3 is 5.97 Å². The van der Waals surface area contributed by atoms with E-state index in [9.17, 15) is 14.4 Å². The summed E-state index contributed by atoms with van der Waals surface area (Å²) in [6, 6.07) is 13.2. The quantitative estimate of drug-likeness (QED) is 0.832. The highest BCUT2D eigenvalue weighted by Crippen LogP contribution is 2.23. The molecule has 1 atom stereocenters. The fourth-order valence-corrected chi connectivity index (χ4v) is 2.47. The Balaban J connectivity index is 1.66. The molecule has 0 saturated carbocycles. The van der Waals surface area contributed by atoms with E-state index in [1.165, 1.54) is 6.92 Å². The van der Waals surface area contributed by atoms with E-state index in [-0.39, 0.29) is 24.5 Å². The van der Waals surface area contributed by atoms with Gasteiger partial charge in [-0.05, 0) is 18.4 Å². The Kier molecular flexibility index (Phi) is 4.74. The molecule has 3 rings (SSSR count). The van der Waals surface area contributed by atoms with Crippen LogP contribution in [0.5, 0.6) is 0 Å². The first kappa shape index (κ1) is 16.6. The smallest absolute Gasteiger partial charge is 0.355 e. The summed E-state index contributed by atoms with van der Waals surface area (Å²) in [6.45, 7) is 1.49. The zero-order chi connectivity index (χ0) is 17.8. The van der Waals surface area contributed by atoms with Gasteiger partial charge in [0.2, 0.25) is 5.91 Å². The molecule has 0 aliphatic carbocycles. The molecule has 0 bridgehead atoms. The van der Waals surface area contributed by atoms with E-state index in [0.717, 1.165) is 10.8 Å². The number of nitrogens with one attached hydrogen (secondary N) is 2. The average Bonchev–Trinajstić information content (AvgIpc) is 2.62. The van der Waals surface area contributed by atoms with Gasteiger partial charge in [0.05, 0.1) is 0 Å². The zero-order valence-corrected chi connectivity index (χ0v) is 13.6. The fraction of sp³-hybridized carbons (Fsp3) is 0.222. The Morgan fingerprint density at radius 3 is 2.68 bits per heavy atom. The van der Waals surface area contributed by atoms with Crippen molar-refractivity contribution in [3.8, 4) is 0 Å². The number of carbonyl (C=O) groups is 3. The molecule has 2 aromatic carbocycles. The second kappa shape index (κ2) is 7.12. The van der Waals surface area contributed by atoms with Crippen LogP contribution in [0.15, 0.2) is 47.6 Å². The normalized spacial score (nSPS) is 15.1. The third-order valence-corrected chi connectivity index (χ3v) is 3.84. The maximum Gasteiger partial charge on any atom is 0.355 e. The summed E-state index contributed by atoms with van der Waals surface area (Å²) in [5.41, 5.74) is 2.97. The number of rotatable bonds is 4. The maximum absolute atomic E-state index is 12.3. The predicted molar refractivity (Wildman–Crippen MR) is 92.9 cm³/mol. The molecule has 0 fully saturated rings. The summed E-state index contributed by atoms with van der Waals surface area (Å²) in [7, 11) is 0. The number of benzene rings is 2. The lowest BCUT2D eigenvalue weighted by Crippen LogP contribution is -2.35. The topological polar surface area (TPSA) is 96.9 Å². The Morgan fingerprint density at radius 2 is 1.92 bits per heavy atom. The van der Waals surface area contributed by atoms with Crippen molar-refractivity contribution in [3.63, 3.8) is 0 Å². The molecule has 25 heavy (non-hydrogen) atoms. The number of hydrogen-bond acceptors (Lipinski definition) is 5. The molecule has 7 heteroatoms. The van der Waals surface area contributed by atoms with Crippen LogP contribution in [0, 0.1) is 0 Å². The Hall–Kier alpha value is -3.22. The summed E-state index contributed by atoms with van der Waals surface area (Å²) in [4.78, 5) is 35.4. The van der Waals surface area contributed by atoms with Gasteiger partial charge in [-0.2, -0.15) is 5.10 Å². The molecule has 2 amide bonds. The van der Waals surface area contributed by atoms with Crippen LogP contribution in [0.1, 0.15) is 19.8 Å². The molecule has 0 spiro atoms. The van der Waals surface area contributed by atoms with E-state index in [4.69, 9.17) is 4.74 Å². The minimum atomic E-state index is -0.994. The first-order valence-corrected chi connectivity index (χ1v) is 7.89. The van der Waals surface area contributed by atoms with Gasteiger partial charge in [-0.1, -0.05) is 36.4 Å². The number of carbonyl (C=O) groups excluding carboxylic acids is 3. The zero-order valence-electron chi connectivity index (χ0n) is 13.6. The molecule has 128 valence electrons. The third-order valence-electron chi connectivity index (χ3n) is 3.84. The Labute approximate surface area is 144 Å². The van der Waals surface area contributed by atoms with Gasteiger partial charge in [0.1, 0.15) is 5.71 Å². The van der Waals surface area contributed by atoms with Crippen LogP contribution >= 0.6 is 0 Å². The molecule has 1 heterocycles. The largest absolute Gasteiger partial charge is 0.448 e. The van der Waals surface area contributed by atoms with Gasteiger partial charge in [-0.15, -0.1) is 0 Å². The van der Waals surface area contributed by atoms with Gasteiger partial charge in [-0.25, -0.2) is 10.2 Å². The second-order valence-corrected chi connectivity index (χ2v) is 5.66. The molecule has 0 radical (unpaired) electrons. The van der Waals surface area contributed by atoms with E-state index in [2.05, 4.69) is 15.8 Å². The SMILES string of the molecule is C[C@@H](OC(=O)C1=NNC(=O)CC1)C(=O)Nc1cccc2ccccc12. The number of nitrogens with zero attached hydrogens (tertiary/aromatic N) is 1. The summed E-state index contributed by atoms with van der Waals surface area (Å²) in [5, 5.41) is 8.33. The van der Waals surface area contributed by atoms with E-state index in [1.54, 1.807) is 6.07 Å².